The normalized spacial score (nSPS) is 12.0. The van der Waals surface area contributed by atoms with Gasteiger partial charge < -0.3 is 5.32 Å². The van der Waals surface area contributed by atoms with E-state index in [1.807, 2.05) is 11.3 Å². The predicted molar refractivity (Wildman–Crippen MR) is 103 cm³/mol. The van der Waals surface area contributed by atoms with Crippen LogP contribution in [0.15, 0.2) is 6.07 Å². The number of carbonyl (C=O) groups excluding carboxylic acids is 1. The van der Waals surface area contributed by atoms with Gasteiger partial charge >= 0.3 is 0 Å². The van der Waals surface area contributed by atoms with E-state index in [0.29, 0.717) is 24.1 Å². The third-order valence-corrected chi connectivity index (χ3v) is 5.06. The summed E-state index contributed by atoms with van der Waals surface area (Å²) in [5, 5.41) is 6.08. The highest BCUT2D eigenvalue weighted by molar-refractivity contribution is 7.12. The van der Waals surface area contributed by atoms with E-state index in [0.717, 1.165) is 19.3 Å². The number of carbonyl (C=O) groups is 1. The van der Waals surface area contributed by atoms with Crippen molar-refractivity contribution < 1.29 is 4.79 Å². The van der Waals surface area contributed by atoms with E-state index in [1.54, 1.807) is 13.8 Å². The van der Waals surface area contributed by atoms with Crippen LogP contribution in [0.25, 0.3) is 0 Å². The summed E-state index contributed by atoms with van der Waals surface area (Å²) in [5.74, 6) is 1.31. The topological polar surface area (TPSA) is 79.8 Å². The number of hydrogen-bond acceptors (Lipinski definition) is 6. The highest BCUT2D eigenvalue weighted by atomic mass is 32.1. The second-order valence-corrected chi connectivity index (χ2v) is 7.62. The van der Waals surface area contributed by atoms with Gasteiger partial charge in [0.05, 0.1) is 0 Å². The van der Waals surface area contributed by atoms with E-state index in [-0.39, 0.29) is 11.9 Å². The van der Waals surface area contributed by atoms with Crippen molar-refractivity contribution in [1.82, 2.24) is 15.0 Å². The average Bonchev–Trinajstić information content (AvgIpc) is 2.88. The van der Waals surface area contributed by atoms with Crippen molar-refractivity contribution in [2.45, 2.75) is 66.3 Å². The molecule has 0 aliphatic rings. The standard InChI is InChI=1S/C18H27N5OS/c1-6-15(9-8-14-10-11(3)25-12(14)4)21-17-19-13(5)20-18(23-17)22-16(24)7-2/h10,15H,6-9H2,1-5H3,(H2,19,20,21,22,23,24). The monoisotopic (exact) mass is 361 g/mol. The molecule has 0 saturated heterocycles. The molecule has 2 aromatic heterocycles. The van der Waals surface area contributed by atoms with Gasteiger partial charge in [-0.15, -0.1) is 11.3 Å². The Labute approximate surface area is 153 Å². The zero-order valence-corrected chi connectivity index (χ0v) is 16.5. The van der Waals surface area contributed by atoms with Crippen LogP contribution in [0.3, 0.4) is 0 Å². The van der Waals surface area contributed by atoms with Gasteiger partial charge in [-0.25, -0.2) is 0 Å². The number of hydrogen-bond donors (Lipinski definition) is 2. The lowest BCUT2D eigenvalue weighted by Crippen LogP contribution is -2.22. The molecular weight excluding hydrogens is 334 g/mol. The third-order valence-electron chi connectivity index (χ3n) is 4.05. The van der Waals surface area contributed by atoms with Crippen LogP contribution in [0.5, 0.6) is 0 Å². The van der Waals surface area contributed by atoms with Gasteiger partial charge in [0.15, 0.2) is 0 Å². The average molecular weight is 362 g/mol. The maximum Gasteiger partial charge on any atom is 0.234 e. The molecule has 25 heavy (non-hydrogen) atoms. The number of nitrogens with one attached hydrogen (secondary N) is 2. The van der Waals surface area contributed by atoms with Crippen LogP contribution in [0, 0.1) is 20.8 Å². The van der Waals surface area contributed by atoms with E-state index >= 15 is 0 Å². The Hall–Kier alpha value is -2.02. The van der Waals surface area contributed by atoms with Crippen LogP contribution in [-0.4, -0.2) is 26.9 Å². The lowest BCUT2D eigenvalue weighted by molar-refractivity contribution is -0.115. The van der Waals surface area contributed by atoms with E-state index in [9.17, 15) is 4.79 Å². The molecule has 2 heterocycles. The minimum Gasteiger partial charge on any atom is -0.351 e. The first-order chi connectivity index (χ1) is 11.9. The number of aromatic nitrogens is 3. The van der Waals surface area contributed by atoms with Gasteiger partial charge in [0, 0.05) is 22.2 Å². The summed E-state index contributed by atoms with van der Waals surface area (Å²) in [6.45, 7) is 10.1. The van der Waals surface area contributed by atoms with E-state index in [4.69, 9.17) is 0 Å². The van der Waals surface area contributed by atoms with Gasteiger partial charge in [-0.05, 0) is 51.7 Å². The molecule has 7 heteroatoms. The highest BCUT2D eigenvalue weighted by Gasteiger charge is 2.12. The molecule has 6 nitrogen and oxygen atoms in total. The Bertz CT molecular complexity index is 728. The van der Waals surface area contributed by atoms with Crippen LogP contribution in [0.2, 0.25) is 0 Å². The summed E-state index contributed by atoms with van der Waals surface area (Å²) in [6.07, 6.45) is 3.41. The van der Waals surface area contributed by atoms with Gasteiger partial charge in [0.2, 0.25) is 17.8 Å². The second kappa shape index (κ2) is 8.89. The summed E-state index contributed by atoms with van der Waals surface area (Å²) in [5.41, 5.74) is 1.42. The molecule has 0 saturated carbocycles. The molecule has 136 valence electrons. The summed E-state index contributed by atoms with van der Waals surface area (Å²) < 4.78 is 0. The Balaban J connectivity index is 2.02. The van der Waals surface area contributed by atoms with Gasteiger partial charge in [-0.1, -0.05) is 13.8 Å². The van der Waals surface area contributed by atoms with Crippen LogP contribution in [-0.2, 0) is 11.2 Å². The number of thiophene rings is 1. The molecule has 0 aliphatic carbocycles. The molecular formula is C18H27N5OS. The summed E-state index contributed by atoms with van der Waals surface area (Å²) >= 11 is 1.85. The molecule has 2 rings (SSSR count). The minimum atomic E-state index is -0.105. The smallest absolute Gasteiger partial charge is 0.234 e. The highest BCUT2D eigenvalue weighted by Crippen LogP contribution is 2.23. The summed E-state index contributed by atoms with van der Waals surface area (Å²) in [7, 11) is 0. The molecule has 2 N–H and O–H groups in total. The van der Waals surface area contributed by atoms with E-state index < -0.39 is 0 Å². The van der Waals surface area contributed by atoms with Crippen LogP contribution < -0.4 is 10.6 Å². The maximum absolute atomic E-state index is 11.5. The quantitative estimate of drug-likeness (QED) is 0.742. The van der Waals surface area contributed by atoms with Crippen LogP contribution >= 0.6 is 11.3 Å². The van der Waals surface area contributed by atoms with Crippen molar-refractivity contribution in [3.63, 3.8) is 0 Å². The molecule has 0 radical (unpaired) electrons. The van der Waals surface area contributed by atoms with Crippen LogP contribution in [0.4, 0.5) is 11.9 Å². The van der Waals surface area contributed by atoms with Crippen molar-refractivity contribution in [1.29, 1.82) is 0 Å². The van der Waals surface area contributed by atoms with Gasteiger partial charge in [-0.3, -0.25) is 10.1 Å². The number of rotatable bonds is 8. The first-order valence-corrected chi connectivity index (χ1v) is 9.57. The van der Waals surface area contributed by atoms with E-state index in [1.165, 1.54) is 15.3 Å². The Morgan fingerprint density at radius 3 is 2.48 bits per heavy atom. The molecule has 1 amide bonds. The number of nitrogens with zero attached hydrogens (tertiary/aromatic N) is 3. The SMILES string of the molecule is CCC(=O)Nc1nc(C)nc(NC(CC)CCc2cc(C)sc2C)n1. The molecule has 2 aromatic rings. The largest absolute Gasteiger partial charge is 0.351 e. The number of anilines is 2. The van der Waals surface area contributed by atoms with Crippen molar-refractivity contribution in [3.05, 3.63) is 27.2 Å². The van der Waals surface area contributed by atoms with Crippen molar-refractivity contribution in [2.24, 2.45) is 0 Å². The van der Waals surface area contributed by atoms with Gasteiger partial charge in [0.1, 0.15) is 5.82 Å². The number of aryl methyl sites for hydroxylation is 4. The van der Waals surface area contributed by atoms with Gasteiger partial charge in [-0.2, -0.15) is 15.0 Å². The number of amides is 1. The fourth-order valence-corrected chi connectivity index (χ4v) is 3.61. The minimum absolute atomic E-state index is 0.105. The zero-order chi connectivity index (χ0) is 18.4. The van der Waals surface area contributed by atoms with Crippen molar-refractivity contribution in [3.8, 4) is 0 Å². The molecule has 0 spiro atoms. The second-order valence-electron chi connectivity index (χ2n) is 6.16. The predicted octanol–water partition coefficient (Wildman–Crippen LogP) is 4.03. The fourth-order valence-electron chi connectivity index (χ4n) is 2.64. The molecule has 0 fully saturated rings. The maximum atomic E-state index is 11.5. The first-order valence-electron chi connectivity index (χ1n) is 8.76. The molecule has 1 atom stereocenters. The zero-order valence-electron chi connectivity index (χ0n) is 15.6. The van der Waals surface area contributed by atoms with Crippen molar-refractivity contribution in [2.75, 3.05) is 10.6 Å². The summed E-state index contributed by atoms with van der Waals surface area (Å²) in [6, 6.07) is 2.55. The Morgan fingerprint density at radius 1 is 1.16 bits per heavy atom. The first kappa shape index (κ1) is 19.3. The van der Waals surface area contributed by atoms with Crippen LogP contribution in [0.1, 0.15) is 54.3 Å². The molecule has 1 unspecified atom stereocenters. The third kappa shape index (κ3) is 5.77. The summed E-state index contributed by atoms with van der Waals surface area (Å²) in [4.78, 5) is 27.1. The van der Waals surface area contributed by atoms with Gasteiger partial charge in [0.25, 0.3) is 0 Å². The lowest BCUT2D eigenvalue weighted by Gasteiger charge is -2.17. The molecule has 0 aromatic carbocycles. The Morgan fingerprint density at radius 2 is 1.88 bits per heavy atom. The van der Waals surface area contributed by atoms with Crippen molar-refractivity contribution >= 4 is 29.1 Å². The Kier molecular flexibility index (Phi) is 6.87. The lowest BCUT2D eigenvalue weighted by atomic mass is 10.0. The van der Waals surface area contributed by atoms with E-state index in [2.05, 4.69) is 52.4 Å². The molecule has 0 aliphatic heterocycles. The molecule has 0 bridgehead atoms. The fraction of sp³-hybridized carbons (Fsp3) is 0.556.